The fourth-order valence-electron chi connectivity index (χ4n) is 6.40. The van der Waals surface area contributed by atoms with Gasteiger partial charge < -0.3 is 35.2 Å². The van der Waals surface area contributed by atoms with Crippen molar-refractivity contribution in [1.82, 2.24) is 20.9 Å². The van der Waals surface area contributed by atoms with Crippen molar-refractivity contribution in [2.45, 2.75) is 58.0 Å². The van der Waals surface area contributed by atoms with Crippen molar-refractivity contribution in [2.24, 2.45) is 0 Å². The van der Waals surface area contributed by atoms with E-state index in [-0.39, 0.29) is 18.5 Å². The van der Waals surface area contributed by atoms with Crippen molar-refractivity contribution < 1.29 is 28.7 Å². The Bertz CT molecular complexity index is 1870. The third kappa shape index (κ3) is 8.96. The highest BCUT2D eigenvalue weighted by Gasteiger charge is 2.36. The van der Waals surface area contributed by atoms with Crippen LogP contribution in [0.5, 0.6) is 0 Å². The molecule has 0 unspecified atom stereocenters. The SMILES string of the molecule is CC(C)(NC(=O)OCc1ccccc1)C(=O)N[C@@H]1CCc2ccccc2N(Cc2ccc(-c3ccccc3CNC(=O)N3CCOCC3)cc2)C1=O. The topological polar surface area (TPSA) is 129 Å². The van der Waals surface area contributed by atoms with E-state index in [0.717, 1.165) is 39.1 Å². The largest absolute Gasteiger partial charge is 0.445 e. The molecule has 1 saturated heterocycles. The number of nitrogens with one attached hydrogen (secondary N) is 3. The van der Waals surface area contributed by atoms with Gasteiger partial charge in [0.1, 0.15) is 18.2 Å². The van der Waals surface area contributed by atoms with Gasteiger partial charge in [0, 0.05) is 25.3 Å². The number of nitrogens with zero attached hydrogens (tertiary/aromatic N) is 2. The molecule has 4 aromatic carbocycles. The Morgan fingerprint density at radius 2 is 1.54 bits per heavy atom. The van der Waals surface area contributed by atoms with Crippen LogP contribution in [0.25, 0.3) is 11.1 Å². The second-order valence-corrected chi connectivity index (χ2v) is 13.5. The number of rotatable bonds is 10. The van der Waals surface area contributed by atoms with Crippen molar-refractivity contribution in [3.63, 3.8) is 0 Å². The van der Waals surface area contributed by atoms with Gasteiger partial charge in [-0.15, -0.1) is 0 Å². The van der Waals surface area contributed by atoms with Crippen LogP contribution in [0.2, 0.25) is 0 Å². The number of anilines is 1. The Morgan fingerprint density at radius 3 is 2.31 bits per heavy atom. The summed E-state index contributed by atoms with van der Waals surface area (Å²) in [5.74, 6) is -0.719. The third-order valence-electron chi connectivity index (χ3n) is 9.40. The first-order chi connectivity index (χ1) is 25.2. The molecule has 1 atom stereocenters. The second-order valence-electron chi connectivity index (χ2n) is 13.5. The summed E-state index contributed by atoms with van der Waals surface area (Å²) in [4.78, 5) is 56.5. The summed E-state index contributed by atoms with van der Waals surface area (Å²) < 4.78 is 10.7. The first-order valence-electron chi connectivity index (χ1n) is 17.6. The molecule has 3 N–H and O–H groups in total. The number of urea groups is 1. The number of carbonyl (C=O) groups excluding carboxylic acids is 4. The van der Waals surface area contributed by atoms with Gasteiger partial charge in [0.25, 0.3) is 0 Å². The molecule has 2 aliphatic heterocycles. The lowest BCUT2D eigenvalue weighted by Crippen LogP contribution is -2.59. The summed E-state index contributed by atoms with van der Waals surface area (Å²) in [5.41, 5.74) is 5.22. The average Bonchev–Trinajstić information content (AvgIpc) is 3.29. The molecule has 0 bridgehead atoms. The lowest BCUT2D eigenvalue weighted by Gasteiger charge is -2.30. The highest BCUT2D eigenvalue weighted by atomic mass is 16.5. The van der Waals surface area contributed by atoms with Gasteiger partial charge >= 0.3 is 12.1 Å². The molecule has 2 heterocycles. The first kappa shape index (κ1) is 36.1. The molecule has 0 aliphatic carbocycles. The molecule has 270 valence electrons. The average molecular weight is 704 g/mol. The molecular weight excluding hydrogens is 658 g/mol. The fraction of sp³-hybridized carbons (Fsp3) is 0.317. The molecule has 11 nitrogen and oxygen atoms in total. The van der Waals surface area contributed by atoms with Gasteiger partial charge in [-0.2, -0.15) is 0 Å². The van der Waals surface area contributed by atoms with Gasteiger partial charge in [-0.25, -0.2) is 9.59 Å². The number of hydrogen-bond acceptors (Lipinski definition) is 6. The zero-order valence-electron chi connectivity index (χ0n) is 29.6. The summed E-state index contributed by atoms with van der Waals surface area (Å²) >= 11 is 0. The predicted molar refractivity (Wildman–Crippen MR) is 198 cm³/mol. The molecule has 0 spiro atoms. The van der Waals surface area contributed by atoms with Gasteiger partial charge in [0.2, 0.25) is 11.8 Å². The van der Waals surface area contributed by atoms with Gasteiger partial charge in [-0.05, 0) is 66.1 Å². The smallest absolute Gasteiger partial charge is 0.408 e. The van der Waals surface area contributed by atoms with E-state index in [2.05, 4.69) is 16.0 Å². The maximum atomic E-state index is 14.2. The van der Waals surface area contributed by atoms with Gasteiger partial charge in [-0.3, -0.25) is 9.59 Å². The normalized spacial score (nSPS) is 16.0. The van der Waals surface area contributed by atoms with E-state index in [1.165, 1.54) is 0 Å². The number of aryl methyl sites for hydroxylation is 1. The van der Waals surface area contributed by atoms with E-state index < -0.39 is 23.6 Å². The maximum Gasteiger partial charge on any atom is 0.408 e. The molecule has 1 fully saturated rings. The second kappa shape index (κ2) is 16.6. The summed E-state index contributed by atoms with van der Waals surface area (Å²) in [6, 6.07) is 32.2. The quantitative estimate of drug-likeness (QED) is 0.198. The fourth-order valence-corrected chi connectivity index (χ4v) is 6.40. The van der Waals surface area contributed by atoms with Crippen molar-refractivity contribution in [3.05, 3.63) is 125 Å². The number of morpholine rings is 1. The predicted octanol–water partition coefficient (Wildman–Crippen LogP) is 5.56. The number of para-hydroxylation sites is 1. The van der Waals surface area contributed by atoms with Crippen LogP contribution >= 0.6 is 0 Å². The van der Waals surface area contributed by atoms with Gasteiger partial charge in [0.15, 0.2) is 0 Å². The van der Waals surface area contributed by atoms with E-state index in [9.17, 15) is 19.2 Å². The number of hydrogen-bond donors (Lipinski definition) is 3. The molecule has 5 amide bonds. The molecule has 0 radical (unpaired) electrons. The molecule has 2 aliphatic rings. The summed E-state index contributed by atoms with van der Waals surface area (Å²) in [7, 11) is 0. The van der Waals surface area contributed by atoms with Gasteiger partial charge in [0.05, 0.1) is 19.8 Å². The summed E-state index contributed by atoms with van der Waals surface area (Å²) in [6.07, 6.45) is 0.271. The lowest BCUT2D eigenvalue weighted by atomic mass is 9.98. The van der Waals surface area contributed by atoms with Crippen LogP contribution in [0, 0.1) is 0 Å². The monoisotopic (exact) mass is 703 g/mol. The first-order valence-corrected chi connectivity index (χ1v) is 17.6. The Balaban J connectivity index is 1.12. The third-order valence-corrected chi connectivity index (χ3v) is 9.40. The van der Waals surface area contributed by atoms with E-state index in [0.29, 0.717) is 52.2 Å². The molecular formula is C41H45N5O6. The minimum atomic E-state index is -1.34. The molecule has 11 heteroatoms. The lowest BCUT2D eigenvalue weighted by molar-refractivity contribution is -0.131. The van der Waals surface area contributed by atoms with E-state index >= 15 is 0 Å². The minimum Gasteiger partial charge on any atom is -0.445 e. The van der Waals surface area contributed by atoms with Crippen LogP contribution in [0.3, 0.4) is 0 Å². The highest BCUT2D eigenvalue weighted by molar-refractivity contribution is 6.01. The number of amides is 5. The van der Waals surface area contributed by atoms with Crippen LogP contribution < -0.4 is 20.9 Å². The maximum absolute atomic E-state index is 14.2. The summed E-state index contributed by atoms with van der Waals surface area (Å²) in [5, 5.41) is 8.60. The number of ether oxygens (including phenoxy) is 2. The van der Waals surface area contributed by atoms with Gasteiger partial charge in [-0.1, -0.05) is 97.1 Å². The number of carbonyl (C=O) groups is 4. The van der Waals surface area contributed by atoms with Crippen LogP contribution in [-0.2, 0) is 45.2 Å². The number of fused-ring (bicyclic) bond motifs is 1. The molecule has 0 saturated carbocycles. The number of alkyl carbamates (subject to hydrolysis) is 1. The van der Waals surface area contributed by atoms with Crippen LogP contribution in [0.4, 0.5) is 15.3 Å². The molecule has 6 rings (SSSR count). The van der Waals surface area contributed by atoms with Crippen LogP contribution in [0.15, 0.2) is 103 Å². The number of benzene rings is 4. The van der Waals surface area contributed by atoms with Crippen molar-refractivity contribution in [3.8, 4) is 11.1 Å². The zero-order valence-corrected chi connectivity index (χ0v) is 29.6. The Morgan fingerprint density at radius 1 is 0.846 bits per heavy atom. The summed E-state index contributed by atoms with van der Waals surface area (Å²) in [6.45, 7) is 6.16. The van der Waals surface area contributed by atoms with Crippen LogP contribution in [-0.4, -0.2) is 66.7 Å². The Kier molecular flexibility index (Phi) is 11.5. The van der Waals surface area contributed by atoms with E-state index in [1.807, 2.05) is 103 Å². The van der Waals surface area contributed by atoms with Crippen LogP contribution in [0.1, 0.15) is 42.5 Å². The zero-order chi connectivity index (χ0) is 36.5. The standard InChI is InChI=1S/C41H45N5O6/c1-41(2,44-40(50)52-28-30-10-4-3-5-11-30)38(48)43-35-21-20-32-12-7-9-15-36(32)46(37(35)47)27-29-16-18-31(19-17-29)34-14-8-6-13-33(34)26-42-39(49)45-22-24-51-25-23-45/h3-19,35H,20-28H2,1-2H3,(H,42,49)(H,43,48)(H,44,50)/t35-/m1/s1. The molecule has 4 aromatic rings. The minimum absolute atomic E-state index is 0.0692. The Hall–Kier alpha value is -5.68. The van der Waals surface area contributed by atoms with Crippen molar-refractivity contribution in [1.29, 1.82) is 0 Å². The molecule has 0 aromatic heterocycles. The highest BCUT2D eigenvalue weighted by Crippen LogP contribution is 2.30. The van der Waals surface area contributed by atoms with Crippen molar-refractivity contribution >= 4 is 29.6 Å². The Labute approximate surface area is 304 Å². The van der Waals surface area contributed by atoms with Crippen molar-refractivity contribution in [2.75, 3.05) is 31.2 Å². The molecule has 52 heavy (non-hydrogen) atoms. The van der Waals surface area contributed by atoms with E-state index in [1.54, 1.807) is 23.6 Å². The van der Waals surface area contributed by atoms with E-state index in [4.69, 9.17) is 9.47 Å².